The Kier molecular flexibility index (Phi) is 4.20. The Morgan fingerprint density at radius 3 is 2.65 bits per heavy atom. The molecule has 0 aliphatic carbocycles. The number of benzene rings is 1. The van der Waals surface area contributed by atoms with Crippen LogP contribution in [0.25, 0.3) is 0 Å². The monoisotopic (exact) mass is 328 g/mol. The largest absolute Gasteiger partial charge is 0.312 e. The highest BCUT2D eigenvalue weighted by Crippen LogP contribution is 2.23. The first-order valence-corrected chi connectivity index (χ1v) is 8.08. The summed E-state index contributed by atoms with van der Waals surface area (Å²) in [5.74, 6) is 0. The van der Waals surface area contributed by atoms with Crippen molar-refractivity contribution in [3.05, 3.63) is 73.5 Å². The second-order valence-corrected chi connectivity index (χ2v) is 6.27. The molecule has 0 aliphatic heterocycles. The standard InChI is InChI=1S/C16H16N4O2S/c1-11-16(20(21)22)12(2)19(18-11)9-14-10-23-15(17-14)8-13-6-4-3-5-7-13/h3-7,10H,8-9H2,1-2H3. The first kappa shape index (κ1) is 15.4. The molecule has 0 unspecified atom stereocenters. The van der Waals surface area contributed by atoms with Gasteiger partial charge < -0.3 is 0 Å². The maximum Gasteiger partial charge on any atom is 0.312 e. The molecule has 23 heavy (non-hydrogen) atoms. The van der Waals surface area contributed by atoms with Crippen molar-refractivity contribution in [3.8, 4) is 0 Å². The molecule has 2 heterocycles. The third kappa shape index (κ3) is 3.29. The number of nitro groups is 1. The average Bonchev–Trinajstić information content (AvgIpc) is 3.05. The maximum absolute atomic E-state index is 11.1. The molecule has 6 nitrogen and oxygen atoms in total. The molecule has 1 aromatic carbocycles. The maximum atomic E-state index is 11.1. The first-order valence-electron chi connectivity index (χ1n) is 7.20. The predicted octanol–water partition coefficient (Wildman–Crippen LogP) is 3.50. The van der Waals surface area contributed by atoms with Gasteiger partial charge in [-0.3, -0.25) is 14.8 Å². The number of aromatic nitrogens is 3. The Hall–Kier alpha value is -2.54. The van der Waals surface area contributed by atoms with Crippen LogP contribution in [0.4, 0.5) is 5.69 Å². The van der Waals surface area contributed by atoms with Crippen LogP contribution in [0.1, 0.15) is 27.7 Å². The molecule has 0 atom stereocenters. The quantitative estimate of drug-likeness (QED) is 0.531. The van der Waals surface area contributed by atoms with Crippen LogP contribution in [-0.4, -0.2) is 19.7 Å². The van der Waals surface area contributed by atoms with Crippen molar-refractivity contribution in [2.75, 3.05) is 0 Å². The number of hydrogen-bond donors (Lipinski definition) is 0. The predicted molar refractivity (Wildman–Crippen MR) is 88.8 cm³/mol. The Morgan fingerprint density at radius 1 is 1.26 bits per heavy atom. The van der Waals surface area contributed by atoms with E-state index in [0.29, 0.717) is 17.9 Å². The van der Waals surface area contributed by atoms with E-state index >= 15 is 0 Å². The van der Waals surface area contributed by atoms with Gasteiger partial charge in [0.15, 0.2) is 0 Å². The van der Waals surface area contributed by atoms with Gasteiger partial charge in [-0.1, -0.05) is 30.3 Å². The molecule has 0 N–H and O–H groups in total. The molecule has 3 aromatic rings. The SMILES string of the molecule is Cc1nn(Cc2csc(Cc3ccccc3)n2)c(C)c1[N+](=O)[O-]. The van der Waals surface area contributed by atoms with Gasteiger partial charge in [0.2, 0.25) is 0 Å². The molecule has 118 valence electrons. The van der Waals surface area contributed by atoms with E-state index in [-0.39, 0.29) is 10.6 Å². The zero-order chi connectivity index (χ0) is 16.4. The summed E-state index contributed by atoms with van der Waals surface area (Å²) in [6, 6.07) is 10.2. The smallest absolute Gasteiger partial charge is 0.258 e. The molecule has 0 aliphatic rings. The lowest BCUT2D eigenvalue weighted by atomic mass is 10.2. The van der Waals surface area contributed by atoms with Crippen molar-refractivity contribution < 1.29 is 4.92 Å². The number of aryl methyl sites for hydroxylation is 1. The Bertz CT molecular complexity index is 839. The lowest BCUT2D eigenvalue weighted by Gasteiger charge is -2.00. The Balaban J connectivity index is 1.77. The van der Waals surface area contributed by atoms with Crippen LogP contribution >= 0.6 is 11.3 Å². The molecule has 0 radical (unpaired) electrons. The van der Waals surface area contributed by atoms with Crippen molar-refractivity contribution in [2.45, 2.75) is 26.8 Å². The van der Waals surface area contributed by atoms with E-state index in [1.165, 1.54) is 5.56 Å². The molecule has 3 rings (SSSR count). The van der Waals surface area contributed by atoms with Crippen molar-refractivity contribution in [2.24, 2.45) is 0 Å². The highest BCUT2D eigenvalue weighted by molar-refractivity contribution is 7.09. The third-order valence-corrected chi connectivity index (χ3v) is 4.53. The van der Waals surface area contributed by atoms with Gasteiger partial charge in [-0.2, -0.15) is 5.10 Å². The summed E-state index contributed by atoms with van der Waals surface area (Å²) in [5, 5.41) is 18.3. The Labute approximate surface area is 137 Å². The van der Waals surface area contributed by atoms with Crippen LogP contribution in [-0.2, 0) is 13.0 Å². The van der Waals surface area contributed by atoms with Crippen molar-refractivity contribution in [1.82, 2.24) is 14.8 Å². The highest BCUT2D eigenvalue weighted by Gasteiger charge is 2.22. The van der Waals surface area contributed by atoms with Gasteiger partial charge >= 0.3 is 5.69 Å². The molecule has 2 aromatic heterocycles. The fraction of sp³-hybridized carbons (Fsp3) is 0.250. The lowest BCUT2D eigenvalue weighted by Crippen LogP contribution is -2.05. The van der Waals surface area contributed by atoms with Gasteiger partial charge in [0, 0.05) is 11.8 Å². The summed E-state index contributed by atoms with van der Waals surface area (Å²) in [5.41, 5.74) is 3.18. The fourth-order valence-corrected chi connectivity index (χ4v) is 3.35. The number of nitrogens with zero attached hydrogens (tertiary/aromatic N) is 4. The van der Waals surface area contributed by atoms with Crippen LogP contribution in [0.15, 0.2) is 35.7 Å². The first-order chi connectivity index (χ1) is 11.0. The number of hydrogen-bond acceptors (Lipinski definition) is 5. The van der Waals surface area contributed by atoms with Gasteiger partial charge in [0.1, 0.15) is 11.4 Å². The summed E-state index contributed by atoms with van der Waals surface area (Å²) in [7, 11) is 0. The van der Waals surface area contributed by atoms with Gasteiger partial charge in [0.25, 0.3) is 0 Å². The van der Waals surface area contributed by atoms with Crippen LogP contribution in [0.3, 0.4) is 0 Å². The zero-order valence-electron chi connectivity index (χ0n) is 12.9. The van der Waals surface area contributed by atoms with Gasteiger partial charge in [-0.25, -0.2) is 4.98 Å². The lowest BCUT2D eigenvalue weighted by molar-refractivity contribution is -0.386. The molecular formula is C16H16N4O2S. The van der Waals surface area contributed by atoms with Gasteiger partial charge in [0.05, 0.1) is 22.2 Å². The normalized spacial score (nSPS) is 10.9. The third-order valence-electron chi connectivity index (χ3n) is 3.64. The molecule has 0 amide bonds. The van der Waals surface area contributed by atoms with Gasteiger partial charge in [-0.05, 0) is 19.4 Å². The van der Waals surface area contributed by atoms with E-state index in [0.717, 1.165) is 17.1 Å². The second kappa shape index (κ2) is 6.29. The van der Waals surface area contributed by atoms with E-state index in [9.17, 15) is 10.1 Å². The van der Waals surface area contributed by atoms with Gasteiger partial charge in [-0.15, -0.1) is 11.3 Å². The molecule has 0 fully saturated rings. The zero-order valence-corrected chi connectivity index (χ0v) is 13.7. The van der Waals surface area contributed by atoms with E-state index in [2.05, 4.69) is 22.2 Å². The van der Waals surface area contributed by atoms with Crippen molar-refractivity contribution in [1.29, 1.82) is 0 Å². The van der Waals surface area contributed by atoms with E-state index in [1.807, 2.05) is 23.6 Å². The summed E-state index contributed by atoms with van der Waals surface area (Å²) in [6.45, 7) is 3.82. The summed E-state index contributed by atoms with van der Waals surface area (Å²) in [4.78, 5) is 15.3. The topological polar surface area (TPSA) is 73.8 Å². The average molecular weight is 328 g/mol. The van der Waals surface area contributed by atoms with Crippen LogP contribution in [0, 0.1) is 24.0 Å². The van der Waals surface area contributed by atoms with Crippen LogP contribution < -0.4 is 0 Å². The molecule has 0 saturated carbocycles. The summed E-state index contributed by atoms with van der Waals surface area (Å²) < 4.78 is 1.65. The number of thiazole rings is 1. The Morgan fingerprint density at radius 2 is 2.00 bits per heavy atom. The molecule has 7 heteroatoms. The van der Waals surface area contributed by atoms with Crippen LogP contribution in [0.5, 0.6) is 0 Å². The fourth-order valence-electron chi connectivity index (χ4n) is 2.53. The van der Waals surface area contributed by atoms with Crippen molar-refractivity contribution >= 4 is 17.0 Å². The minimum atomic E-state index is -0.379. The minimum Gasteiger partial charge on any atom is -0.258 e. The molecule has 0 spiro atoms. The summed E-state index contributed by atoms with van der Waals surface area (Å²) in [6.07, 6.45) is 0.794. The van der Waals surface area contributed by atoms with Crippen LogP contribution in [0.2, 0.25) is 0 Å². The molecule has 0 bridgehead atoms. The highest BCUT2D eigenvalue weighted by atomic mass is 32.1. The van der Waals surface area contributed by atoms with E-state index < -0.39 is 0 Å². The number of rotatable bonds is 5. The molecular weight excluding hydrogens is 312 g/mol. The minimum absolute atomic E-state index is 0.0877. The van der Waals surface area contributed by atoms with Crippen molar-refractivity contribution in [3.63, 3.8) is 0 Å². The van der Waals surface area contributed by atoms with E-state index in [1.54, 1.807) is 29.9 Å². The van der Waals surface area contributed by atoms with E-state index in [4.69, 9.17) is 0 Å². The summed E-state index contributed by atoms with van der Waals surface area (Å²) >= 11 is 1.60. The molecule has 0 saturated heterocycles. The second-order valence-electron chi connectivity index (χ2n) is 5.33.